The number of ether oxygens (including phenoxy) is 2. The third kappa shape index (κ3) is 6.60. The molecule has 25 heavy (non-hydrogen) atoms. The second kappa shape index (κ2) is 9.86. The van der Waals surface area contributed by atoms with Gasteiger partial charge >= 0.3 is 6.61 Å². The first-order valence-corrected chi connectivity index (χ1v) is 8.40. The van der Waals surface area contributed by atoms with Crippen LogP contribution in [0.2, 0.25) is 0 Å². The van der Waals surface area contributed by atoms with Crippen LogP contribution in [0.25, 0.3) is 0 Å². The molecule has 1 aromatic rings. The van der Waals surface area contributed by atoms with Crippen molar-refractivity contribution in [2.24, 2.45) is 0 Å². The Kier molecular flexibility index (Phi) is 7.50. The van der Waals surface area contributed by atoms with Crippen molar-refractivity contribution in [1.29, 1.82) is 0 Å². The van der Waals surface area contributed by atoms with Gasteiger partial charge in [0, 0.05) is 18.3 Å². The zero-order valence-corrected chi connectivity index (χ0v) is 14.3. The number of anilines is 1. The maximum atomic E-state index is 12.4. The molecule has 0 bridgehead atoms. The number of alkyl halides is 2. The normalized spacial score (nSPS) is 14.0. The summed E-state index contributed by atoms with van der Waals surface area (Å²) < 4.78 is 34.2. The number of amides is 1. The fourth-order valence-corrected chi connectivity index (χ4v) is 2.71. The molecule has 0 saturated heterocycles. The van der Waals surface area contributed by atoms with E-state index < -0.39 is 6.61 Å². The zero-order valence-electron chi connectivity index (χ0n) is 14.3. The summed E-state index contributed by atoms with van der Waals surface area (Å²) in [4.78, 5) is 11.9. The van der Waals surface area contributed by atoms with Crippen molar-refractivity contribution in [3.63, 3.8) is 0 Å². The van der Waals surface area contributed by atoms with Gasteiger partial charge in [0.15, 0.2) is 11.5 Å². The van der Waals surface area contributed by atoms with E-state index in [2.05, 4.69) is 21.4 Å². The van der Waals surface area contributed by atoms with Gasteiger partial charge in [-0.25, -0.2) is 0 Å². The van der Waals surface area contributed by atoms with Gasteiger partial charge in [0.2, 0.25) is 5.91 Å². The number of hydrogen-bond donors (Lipinski definition) is 2. The third-order valence-corrected chi connectivity index (χ3v) is 3.99. The Morgan fingerprint density at radius 3 is 2.80 bits per heavy atom. The predicted molar refractivity (Wildman–Crippen MR) is 92.3 cm³/mol. The summed E-state index contributed by atoms with van der Waals surface area (Å²) in [5.74, 6) is -0.0215. The first-order chi connectivity index (χ1) is 12.1. The molecular weight excluding hydrogens is 330 g/mol. The number of carbonyl (C=O) groups excluding carboxylic acids is 1. The fourth-order valence-electron chi connectivity index (χ4n) is 2.71. The second-order valence-electron chi connectivity index (χ2n) is 5.81. The minimum Gasteiger partial charge on any atom is -0.493 e. The number of nitrogens with one attached hydrogen (secondary N) is 2. The van der Waals surface area contributed by atoms with Crippen LogP contribution >= 0.6 is 0 Å². The third-order valence-electron chi connectivity index (χ3n) is 3.99. The molecule has 0 atom stereocenters. The Bertz CT molecular complexity index is 606. The second-order valence-corrected chi connectivity index (χ2v) is 5.81. The lowest BCUT2D eigenvalue weighted by Gasteiger charge is -2.14. The Hall–Kier alpha value is -2.31. The molecule has 0 unspecified atom stereocenters. The molecule has 1 aliphatic carbocycles. The van der Waals surface area contributed by atoms with Crippen LogP contribution in [0.4, 0.5) is 14.5 Å². The maximum Gasteiger partial charge on any atom is 0.387 e. The molecule has 2 N–H and O–H groups in total. The van der Waals surface area contributed by atoms with Crippen LogP contribution in [0.3, 0.4) is 0 Å². The minimum absolute atomic E-state index is 0.0551. The van der Waals surface area contributed by atoms with Crippen molar-refractivity contribution in [1.82, 2.24) is 5.32 Å². The van der Waals surface area contributed by atoms with Crippen molar-refractivity contribution in [2.45, 2.75) is 38.7 Å². The van der Waals surface area contributed by atoms with Gasteiger partial charge in [-0.2, -0.15) is 8.78 Å². The van der Waals surface area contributed by atoms with E-state index in [9.17, 15) is 13.6 Å². The summed E-state index contributed by atoms with van der Waals surface area (Å²) >= 11 is 0. The average Bonchev–Trinajstić information content (AvgIpc) is 2.60. The Balaban J connectivity index is 1.77. The highest BCUT2D eigenvalue weighted by molar-refractivity contribution is 5.80. The zero-order chi connectivity index (χ0) is 18.1. The van der Waals surface area contributed by atoms with E-state index in [4.69, 9.17) is 4.74 Å². The van der Waals surface area contributed by atoms with E-state index in [1.807, 2.05) is 0 Å². The Morgan fingerprint density at radius 2 is 2.12 bits per heavy atom. The lowest BCUT2D eigenvalue weighted by molar-refractivity contribution is -0.119. The highest BCUT2D eigenvalue weighted by Crippen LogP contribution is 2.31. The number of carbonyl (C=O) groups is 1. The monoisotopic (exact) mass is 354 g/mol. The van der Waals surface area contributed by atoms with Crippen molar-refractivity contribution >= 4 is 11.6 Å². The highest BCUT2D eigenvalue weighted by atomic mass is 19.3. The first-order valence-electron chi connectivity index (χ1n) is 8.40. The van der Waals surface area contributed by atoms with Gasteiger partial charge in [-0.1, -0.05) is 11.6 Å². The number of halogens is 2. The van der Waals surface area contributed by atoms with E-state index in [-0.39, 0.29) is 24.0 Å². The van der Waals surface area contributed by atoms with E-state index in [1.165, 1.54) is 37.7 Å². The van der Waals surface area contributed by atoms with E-state index in [0.717, 1.165) is 19.3 Å². The van der Waals surface area contributed by atoms with Crippen LogP contribution < -0.4 is 20.1 Å². The molecule has 5 nitrogen and oxygen atoms in total. The summed E-state index contributed by atoms with van der Waals surface area (Å²) in [7, 11) is 1.37. The lowest BCUT2D eigenvalue weighted by atomic mass is 9.97. The molecule has 0 radical (unpaired) electrons. The molecule has 0 aromatic heterocycles. The number of methoxy groups -OCH3 is 1. The molecule has 7 heteroatoms. The van der Waals surface area contributed by atoms with Crippen LogP contribution in [0, 0.1) is 0 Å². The van der Waals surface area contributed by atoms with Crippen molar-refractivity contribution in [2.75, 3.05) is 25.5 Å². The molecule has 0 aliphatic heterocycles. The van der Waals surface area contributed by atoms with Crippen LogP contribution in [0.5, 0.6) is 11.5 Å². The number of hydrogen-bond acceptors (Lipinski definition) is 4. The standard InChI is InChI=1S/C18H24F2N2O3/c1-24-15-8-7-14(11-16(15)25-18(19)20)22-12-17(23)21-10-9-13-5-3-2-4-6-13/h5,7-8,11,18,22H,2-4,6,9-10,12H2,1H3,(H,21,23). The molecule has 0 saturated carbocycles. The van der Waals surface area contributed by atoms with Crippen LogP contribution in [0.1, 0.15) is 32.1 Å². The van der Waals surface area contributed by atoms with E-state index in [1.54, 1.807) is 6.07 Å². The number of allylic oxidation sites excluding steroid dienone is 1. The van der Waals surface area contributed by atoms with Gasteiger partial charge in [0.05, 0.1) is 13.7 Å². The molecule has 2 rings (SSSR count). The summed E-state index contributed by atoms with van der Waals surface area (Å²) in [6.07, 6.45) is 7.86. The lowest BCUT2D eigenvalue weighted by Crippen LogP contribution is -2.30. The Labute approximate surface area is 146 Å². The van der Waals surface area contributed by atoms with Gasteiger partial charge in [-0.15, -0.1) is 0 Å². The van der Waals surface area contributed by atoms with Gasteiger partial charge in [0.1, 0.15) is 0 Å². The number of benzene rings is 1. The topological polar surface area (TPSA) is 59.6 Å². The quantitative estimate of drug-likeness (QED) is 0.664. The molecule has 1 aromatic carbocycles. The van der Waals surface area contributed by atoms with Crippen LogP contribution in [-0.2, 0) is 4.79 Å². The Morgan fingerprint density at radius 1 is 1.28 bits per heavy atom. The molecule has 0 spiro atoms. The number of rotatable bonds is 9. The van der Waals surface area contributed by atoms with Crippen molar-refractivity contribution < 1.29 is 23.0 Å². The van der Waals surface area contributed by atoms with Crippen LogP contribution in [-0.4, -0.2) is 32.7 Å². The van der Waals surface area contributed by atoms with Crippen LogP contribution in [0.15, 0.2) is 29.8 Å². The predicted octanol–water partition coefficient (Wildman–Crippen LogP) is 3.72. The van der Waals surface area contributed by atoms with Gasteiger partial charge in [-0.05, 0) is 44.2 Å². The summed E-state index contributed by atoms with van der Waals surface area (Å²) in [5, 5.41) is 5.74. The van der Waals surface area contributed by atoms with E-state index in [0.29, 0.717) is 12.2 Å². The molecule has 0 fully saturated rings. The molecule has 1 amide bonds. The van der Waals surface area contributed by atoms with E-state index >= 15 is 0 Å². The van der Waals surface area contributed by atoms with Crippen molar-refractivity contribution in [3.05, 3.63) is 29.8 Å². The fraction of sp³-hybridized carbons (Fsp3) is 0.500. The molecular formula is C18H24F2N2O3. The summed E-state index contributed by atoms with van der Waals surface area (Å²) in [5.41, 5.74) is 1.91. The maximum absolute atomic E-state index is 12.4. The average molecular weight is 354 g/mol. The molecule has 1 aliphatic rings. The smallest absolute Gasteiger partial charge is 0.387 e. The molecule has 0 heterocycles. The van der Waals surface area contributed by atoms with Gasteiger partial charge in [0.25, 0.3) is 0 Å². The van der Waals surface area contributed by atoms with Gasteiger partial charge < -0.3 is 20.1 Å². The van der Waals surface area contributed by atoms with Crippen molar-refractivity contribution in [3.8, 4) is 11.5 Å². The summed E-state index contributed by atoms with van der Waals surface area (Å²) in [6.45, 7) is -2.28. The molecule has 138 valence electrons. The summed E-state index contributed by atoms with van der Waals surface area (Å²) in [6, 6.07) is 4.52. The largest absolute Gasteiger partial charge is 0.493 e. The SMILES string of the molecule is COc1ccc(NCC(=O)NCCC2=CCCCC2)cc1OC(F)F. The first kappa shape index (κ1) is 19.0. The highest BCUT2D eigenvalue weighted by Gasteiger charge is 2.12. The minimum atomic E-state index is -2.94. The van der Waals surface area contributed by atoms with Gasteiger partial charge in [-0.3, -0.25) is 4.79 Å².